The Hall–Kier alpha value is -3.67. The Balaban J connectivity index is 1.41. The van der Waals surface area contributed by atoms with Crippen LogP contribution >= 0.6 is 0 Å². The molecule has 1 aliphatic rings. The van der Waals surface area contributed by atoms with Gasteiger partial charge in [-0.2, -0.15) is 0 Å². The van der Waals surface area contributed by atoms with Crippen LogP contribution in [0.1, 0.15) is 32.1 Å². The number of aromatic amines is 1. The first-order chi connectivity index (χ1) is 15.2. The number of aromatic nitrogens is 2. The molecule has 0 spiro atoms. The average Bonchev–Trinajstić information content (AvgIpc) is 2.81. The first kappa shape index (κ1) is 19.3. The molecule has 0 aliphatic heterocycles. The van der Waals surface area contributed by atoms with E-state index >= 15 is 0 Å². The molecule has 3 N–H and O–H groups in total. The van der Waals surface area contributed by atoms with Crippen LogP contribution in [-0.4, -0.2) is 15.9 Å². The van der Waals surface area contributed by atoms with Crippen LogP contribution in [0.15, 0.2) is 65.6 Å². The van der Waals surface area contributed by atoms with Gasteiger partial charge >= 0.3 is 0 Å². The van der Waals surface area contributed by atoms with Gasteiger partial charge in [-0.05, 0) is 49.2 Å². The van der Waals surface area contributed by atoms with Crippen LogP contribution in [0.3, 0.4) is 0 Å². The lowest BCUT2D eigenvalue weighted by atomic mass is 9.88. The van der Waals surface area contributed by atoms with E-state index in [1.165, 1.54) is 6.42 Å². The quantitative estimate of drug-likeness (QED) is 0.395. The molecule has 6 nitrogen and oxygen atoms in total. The minimum absolute atomic E-state index is 0.121. The summed E-state index contributed by atoms with van der Waals surface area (Å²) in [6.07, 6.45) is 7.15. The van der Waals surface area contributed by atoms with E-state index in [-0.39, 0.29) is 17.4 Å². The van der Waals surface area contributed by atoms with Gasteiger partial charge < -0.3 is 15.6 Å². The topological polar surface area (TPSA) is 86.9 Å². The van der Waals surface area contributed by atoms with Gasteiger partial charge in [0.25, 0.3) is 5.56 Å². The second-order valence-corrected chi connectivity index (χ2v) is 8.11. The second-order valence-electron chi connectivity index (χ2n) is 8.11. The van der Waals surface area contributed by atoms with Crippen LogP contribution in [-0.2, 0) is 4.79 Å². The fourth-order valence-electron chi connectivity index (χ4n) is 4.41. The molecule has 0 bridgehead atoms. The molecule has 156 valence electrons. The predicted octanol–water partition coefficient (Wildman–Crippen LogP) is 5.34. The summed E-state index contributed by atoms with van der Waals surface area (Å²) in [5.74, 6) is 0.251. The van der Waals surface area contributed by atoms with E-state index in [9.17, 15) is 9.59 Å². The predicted molar refractivity (Wildman–Crippen MR) is 125 cm³/mol. The first-order valence-electron chi connectivity index (χ1n) is 10.8. The fourth-order valence-corrected chi connectivity index (χ4v) is 4.41. The first-order valence-corrected chi connectivity index (χ1v) is 10.8. The molecule has 0 atom stereocenters. The third-order valence-corrected chi connectivity index (χ3v) is 6.03. The van der Waals surface area contributed by atoms with Crippen LogP contribution in [0.2, 0.25) is 0 Å². The monoisotopic (exact) mass is 412 g/mol. The van der Waals surface area contributed by atoms with Gasteiger partial charge in [0.15, 0.2) is 0 Å². The Morgan fingerprint density at radius 2 is 1.61 bits per heavy atom. The van der Waals surface area contributed by atoms with Crippen LogP contribution in [0.5, 0.6) is 0 Å². The number of rotatable bonds is 4. The molecule has 1 fully saturated rings. The van der Waals surface area contributed by atoms with Crippen molar-refractivity contribution in [3.8, 4) is 0 Å². The summed E-state index contributed by atoms with van der Waals surface area (Å²) in [5, 5.41) is 8.83. The van der Waals surface area contributed by atoms with E-state index < -0.39 is 0 Å². The summed E-state index contributed by atoms with van der Waals surface area (Å²) in [6.45, 7) is 0. The number of hydrogen-bond acceptors (Lipinski definition) is 4. The largest absolute Gasteiger partial charge is 0.355 e. The molecule has 1 amide bonds. The number of amides is 1. The van der Waals surface area contributed by atoms with Gasteiger partial charge in [0, 0.05) is 39.6 Å². The molecule has 0 unspecified atom stereocenters. The molecule has 31 heavy (non-hydrogen) atoms. The van der Waals surface area contributed by atoms with Gasteiger partial charge in [0.05, 0.1) is 5.69 Å². The van der Waals surface area contributed by atoms with E-state index in [0.29, 0.717) is 11.0 Å². The van der Waals surface area contributed by atoms with Crippen molar-refractivity contribution in [1.29, 1.82) is 0 Å². The van der Waals surface area contributed by atoms with E-state index in [1.807, 2.05) is 54.6 Å². The molecule has 2 heterocycles. The number of carbonyl (C=O) groups is 1. The Morgan fingerprint density at radius 1 is 0.903 bits per heavy atom. The van der Waals surface area contributed by atoms with Crippen LogP contribution in [0, 0.1) is 5.92 Å². The number of nitrogens with one attached hydrogen (secondary N) is 3. The van der Waals surface area contributed by atoms with Gasteiger partial charge in [0.1, 0.15) is 5.65 Å². The van der Waals surface area contributed by atoms with Crippen molar-refractivity contribution in [2.75, 3.05) is 10.6 Å². The smallest absolute Gasteiger partial charge is 0.257 e. The van der Waals surface area contributed by atoms with Crippen LogP contribution in [0.4, 0.5) is 17.1 Å². The summed E-state index contributed by atoms with van der Waals surface area (Å²) in [5.41, 5.74) is 2.95. The van der Waals surface area contributed by atoms with E-state index in [0.717, 1.165) is 53.5 Å². The number of nitrogens with zero attached hydrogens (tertiary/aromatic N) is 1. The van der Waals surface area contributed by atoms with Crippen LogP contribution < -0.4 is 16.2 Å². The Bertz CT molecular complexity index is 1300. The van der Waals surface area contributed by atoms with Crippen LogP contribution in [0.25, 0.3) is 21.8 Å². The minimum Gasteiger partial charge on any atom is -0.355 e. The lowest BCUT2D eigenvalue weighted by Gasteiger charge is -2.20. The van der Waals surface area contributed by atoms with Crippen molar-refractivity contribution in [2.45, 2.75) is 32.1 Å². The van der Waals surface area contributed by atoms with E-state index in [1.54, 1.807) is 6.20 Å². The third kappa shape index (κ3) is 3.89. The number of H-pyrrole nitrogens is 1. The maximum absolute atomic E-state index is 12.5. The normalized spacial score (nSPS) is 14.6. The minimum atomic E-state index is -0.147. The number of fused-ring (bicyclic) bond motifs is 3. The van der Waals surface area contributed by atoms with Crippen molar-refractivity contribution in [1.82, 2.24) is 9.97 Å². The highest BCUT2D eigenvalue weighted by Gasteiger charge is 2.21. The molecule has 1 saturated carbocycles. The summed E-state index contributed by atoms with van der Waals surface area (Å²) >= 11 is 0. The fraction of sp³-hybridized carbons (Fsp3) is 0.240. The standard InChI is InChI=1S/C25H24N4O2/c30-24(16-6-2-1-3-7-16)28-18-12-10-17(11-13-18)27-21-14-15-26-23-22(21)19-8-4-5-9-20(19)25(31)29-23/h4-5,8-16H,1-3,6-7H2,(H,28,30)(H2,26,27,29,31). The lowest BCUT2D eigenvalue weighted by molar-refractivity contribution is -0.120. The Labute approximate surface area is 179 Å². The molecule has 2 aromatic carbocycles. The van der Waals surface area contributed by atoms with Crippen molar-refractivity contribution in [3.63, 3.8) is 0 Å². The molecule has 4 aromatic rings. The summed E-state index contributed by atoms with van der Waals surface area (Å²) in [7, 11) is 0. The molecule has 1 aliphatic carbocycles. The maximum atomic E-state index is 12.5. The van der Waals surface area contributed by atoms with Crippen molar-refractivity contribution >= 4 is 44.8 Å². The highest BCUT2D eigenvalue weighted by molar-refractivity contribution is 6.10. The molecule has 6 heteroatoms. The molecule has 5 rings (SSSR count). The van der Waals surface area contributed by atoms with E-state index in [4.69, 9.17) is 0 Å². The summed E-state index contributed by atoms with van der Waals surface area (Å²) < 4.78 is 0. The highest BCUT2D eigenvalue weighted by atomic mass is 16.2. The van der Waals surface area contributed by atoms with Gasteiger partial charge in [-0.25, -0.2) is 4.98 Å². The number of carbonyl (C=O) groups excluding carboxylic acids is 1. The third-order valence-electron chi connectivity index (χ3n) is 6.03. The molecule has 2 aromatic heterocycles. The number of hydrogen-bond donors (Lipinski definition) is 3. The average molecular weight is 412 g/mol. The number of anilines is 3. The second kappa shape index (κ2) is 8.22. The Morgan fingerprint density at radius 3 is 2.39 bits per heavy atom. The van der Waals surface area contributed by atoms with Gasteiger partial charge in [0.2, 0.25) is 5.91 Å². The van der Waals surface area contributed by atoms with Crippen molar-refractivity contribution < 1.29 is 4.79 Å². The lowest BCUT2D eigenvalue weighted by Crippen LogP contribution is -2.24. The van der Waals surface area contributed by atoms with Crippen molar-refractivity contribution in [2.24, 2.45) is 5.92 Å². The van der Waals surface area contributed by atoms with Gasteiger partial charge in [-0.3, -0.25) is 9.59 Å². The molecular formula is C25H24N4O2. The maximum Gasteiger partial charge on any atom is 0.257 e. The van der Waals surface area contributed by atoms with Gasteiger partial charge in [-0.1, -0.05) is 37.5 Å². The highest BCUT2D eigenvalue weighted by Crippen LogP contribution is 2.30. The number of benzene rings is 2. The zero-order valence-corrected chi connectivity index (χ0v) is 17.2. The van der Waals surface area contributed by atoms with Gasteiger partial charge in [-0.15, -0.1) is 0 Å². The molecule has 0 saturated heterocycles. The zero-order chi connectivity index (χ0) is 21.2. The molecule has 0 radical (unpaired) electrons. The zero-order valence-electron chi connectivity index (χ0n) is 17.2. The summed E-state index contributed by atoms with van der Waals surface area (Å²) in [4.78, 5) is 32.0. The Kier molecular flexibility index (Phi) is 5.12. The van der Waals surface area contributed by atoms with Crippen molar-refractivity contribution in [3.05, 3.63) is 71.1 Å². The summed E-state index contributed by atoms with van der Waals surface area (Å²) in [6, 6.07) is 17.1. The van der Waals surface area contributed by atoms with E-state index in [2.05, 4.69) is 20.6 Å². The molecular weight excluding hydrogens is 388 g/mol. The SMILES string of the molecule is O=C(Nc1ccc(Nc2ccnc3[nH]c(=O)c4ccccc4c23)cc1)C1CCCCC1. The number of pyridine rings is 2.